The zero-order valence-corrected chi connectivity index (χ0v) is 16.2. The molecule has 7 heteroatoms. The quantitative estimate of drug-likeness (QED) is 0.338. The highest BCUT2D eigenvalue weighted by atomic mass is 35.5. The molecule has 0 amide bonds. The molecular weight excluding hydrogens is 384 g/mol. The van der Waals surface area contributed by atoms with Crippen LogP contribution in [-0.4, -0.2) is 10.2 Å². The summed E-state index contributed by atoms with van der Waals surface area (Å²) >= 11 is 7.60. The minimum absolute atomic E-state index is 0.397. The van der Waals surface area contributed by atoms with Gasteiger partial charge in [-0.25, -0.2) is 4.79 Å². The predicted octanol–water partition coefficient (Wildman–Crippen LogP) is 5.41. The first-order chi connectivity index (χ1) is 13.0. The Kier molecular flexibility index (Phi) is 4.76. The largest absolute Gasteiger partial charge is 0.423 e. The molecule has 0 bridgehead atoms. The van der Waals surface area contributed by atoms with Crippen LogP contribution >= 0.6 is 23.4 Å². The molecule has 0 unspecified atom stereocenters. The van der Waals surface area contributed by atoms with E-state index in [0.29, 0.717) is 27.5 Å². The maximum absolute atomic E-state index is 11.9. The monoisotopic (exact) mass is 398 g/mol. The van der Waals surface area contributed by atoms with Gasteiger partial charge in [-0.15, -0.1) is 10.2 Å². The molecule has 0 saturated carbocycles. The molecule has 0 aliphatic heterocycles. The Morgan fingerprint density at radius 2 is 1.93 bits per heavy atom. The molecule has 27 heavy (non-hydrogen) atoms. The minimum Gasteiger partial charge on any atom is -0.423 e. The summed E-state index contributed by atoms with van der Waals surface area (Å²) in [6.45, 7) is 3.88. The predicted molar refractivity (Wildman–Crippen MR) is 106 cm³/mol. The second kappa shape index (κ2) is 7.21. The van der Waals surface area contributed by atoms with Crippen molar-refractivity contribution in [1.29, 1.82) is 0 Å². The van der Waals surface area contributed by atoms with E-state index >= 15 is 0 Å². The highest BCUT2D eigenvalue weighted by Gasteiger charge is 2.13. The third-order valence-corrected chi connectivity index (χ3v) is 5.41. The zero-order chi connectivity index (χ0) is 19.0. The van der Waals surface area contributed by atoms with E-state index in [1.807, 2.05) is 44.2 Å². The SMILES string of the molecule is Cc1cccc(-c2nnc(SCc3cc(=O)oc4cc(C)c(Cl)cc34)o2)c1. The number of rotatable bonds is 4. The Balaban J connectivity index is 1.61. The van der Waals surface area contributed by atoms with Crippen LogP contribution in [0, 0.1) is 13.8 Å². The number of aromatic nitrogens is 2. The smallest absolute Gasteiger partial charge is 0.336 e. The van der Waals surface area contributed by atoms with Gasteiger partial charge in [0.05, 0.1) is 0 Å². The summed E-state index contributed by atoms with van der Waals surface area (Å²) in [5.74, 6) is 0.953. The summed E-state index contributed by atoms with van der Waals surface area (Å²) < 4.78 is 11.0. The molecule has 0 radical (unpaired) electrons. The topological polar surface area (TPSA) is 69.1 Å². The van der Waals surface area contributed by atoms with Gasteiger partial charge in [0.15, 0.2) is 0 Å². The minimum atomic E-state index is -0.397. The Hall–Kier alpha value is -2.57. The van der Waals surface area contributed by atoms with E-state index < -0.39 is 5.63 Å². The molecule has 0 saturated heterocycles. The molecule has 0 N–H and O–H groups in total. The fourth-order valence-corrected chi connectivity index (χ4v) is 3.69. The third-order valence-electron chi connectivity index (χ3n) is 4.13. The van der Waals surface area contributed by atoms with Crippen molar-refractivity contribution < 1.29 is 8.83 Å². The second-order valence-corrected chi connectivity index (χ2v) is 7.55. The number of hydrogen-bond acceptors (Lipinski definition) is 6. The Morgan fingerprint density at radius 3 is 2.74 bits per heavy atom. The van der Waals surface area contributed by atoms with E-state index in [9.17, 15) is 4.79 Å². The van der Waals surface area contributed by atoms with E-state index in [4.69, 9.17) is 20.4 Å². The molecule has 2 aromatic carbocycles. The van der Waals surface area contributed by atoms with Crippen LogP contribution in [0.15, 0.2) is 61.3 Å². The van der Waals surface area contributed by atoms with Crippen molar-refractivity contribution >= 4 is 34.3 Å². The van der Waals surface area contributed by atoms with Crippen molar-refractivity contribution in [2.75, 3.05) is 0 Å². The Morgan fingerprint density at radius 1 is 1.07 bits per heavy atom. The van der Waals surface area contributed by atoms with Crippen LogP contribution in [0.5, 0.6) is 0 Å². The molecule has 0 fully saturated rings. The lowest BCUT2D eigenvalue weighted by atomic mass is 10.1. The van der Waals surface area contributed by atoms with Crippen molar-refractivity contribution in [2.24, 2.45) is 0 Å². The number of benzene rings is 2. The van der Waals surface area contributed by atoms with E-state index in [1.54, 1.807) is 6.07 Å². The van der Waals surface area contributed by atoms with Gasteiger partial charge in [0.2, 0.25) is 5.89 Å². The van der Waals surface area contributed by atoms with Crippen molar-refractivity contribution in [1.82, 2.24) is 10.2 Å². The van der Waals surface area contributed by atoms with Crippen molar-refractivity contribution in [2.45, 2.75) is 24.8 Å². The first-order valence-electron chi connectivity index (χ1n) is 8.26. The lowest BCUT2D eigenvalue weighted by Gasteiger charge is -2.06. The van der Waals surface area contributed by atoms with Crippen LogP contribution < -0.4 is 5.63 Å². The summed E-state index contributed by atoms with van der Waals surface area (Å²) in [6.07, 6.45) is 0. The van der Waals surface area contributed by atoms with Crippen LogP contribution in [0.2, 0.25) is 5.02 Å². The molecule has 4 aromatic rings. The van der Waals surface area contributed by atoms with Gasteiger partial charge in [-0.1, -0.05) is 41.1 Å². The second-order valence-electron chi connectivity index (χ2n) is 6.22. The lowest BCUT2D eigenvalue weighted by molar-refractivity contribution is 0.466. The van der Waals surface area contributed by atoms with Gasteiger partial charge in [0.25, 0.3) is 5.22 Å². The van der Waals surface area contributed by atoms with Gasteiger partial charge >= 0.3 is 5.63 Å². The van der Waals surface area contributed by atoms with E-state index in [1.165, 1.54) is 17.8 Å². The average molecular weight is 399 g/mol. The number of thioether (sulfide) groups is 1. The van der Waals surface area contributed by atoms with E-state index in [-0.39, 0.29) is 0 Å². The molecule has 136 valence electrons. The van der Waals surface area contributed by atoms with Crippen LogP contribution in [-0.2, 0) is 5.75 Å². The van der Waals surface area contributed by atoms with Crippen LogP contribution in [0.4, 0.5) is 0 Å². The van der Waals surface area contributed by atoms with Gasteiger partial charge < -0.3 is 8.83 Å². The molecule has 5 nitrogen and oxygen atoms in total. The zero-order valence-electron chi connectivity index (χ0n) is 14.7. The van der Waals surface area contributed by atoms with Crippen molar-refractivity contribution in [3.8, 4) is 11.5 Å². The maximum atomic E-state index is 11.9. The van der Waals surface area contributed by atoms with Gasteiger partial charge in [-0.2, -0.15) is 0 Å². The normalized spacial score (nSPS) is 11.2. The van der Waals surface area contributed by atoms with E-state index in [2.05, 4.69) is 10.2 Å². The van der Waals surface area contributed by atoms with Crippen LogP contribution in [0.3, 0.4) is 0 Å². The molecule has 0 atom stereocenters. The van der Waals surface area contributed by atoms with Crippen LogP contribution in [0.1, 0.15) is 16.7 Å². The molecule has 0 aliphatic rings. The van der Waals surface area contributed by atoms with E-state index in [0.717, 1.165) is 27.6 Å². The van der Waals surface area contributed by atoms with Crippen molar-refractivity contribution in [3.05, 3.63) is 74.6 Å². The third kappa shape index (κ3) is 3.77. The molecule has 0 spiro atoms. The standard InChI is InChI=1S/C20H15ClN2O3S/c1-11-4-3-5-13(6-11)19-22-23-20(26-19)27-10-14-8-18(24)25-17-7-12(2)16(21)9-15(14)17/h3-9H,10H2,1-2H3. The van der Waals surface area contributed by atoms with Crippen molar-refractivity contribution in [3.63, 3.8) is 0 Å². The van der Waals surface area contributed by atoms with Gasteiger partial charge in [-0.3, -0.25) is 0 Å². The van der Waals surface area contributed by atoms with Gasteiger partial charge in [-0.05, 0) is 49.2 Å². The fraction of sp³-hybridized carbons (Fsp3) is 0.150. The average Bonchev–Trinajstić information content (AvgIpc) is 3.10. The molecular formula is C20H15ClN2O3S. The molecule has 2 heterocycles. The summed E-state index contributed by atoms with van der Waals surface area (Å²) in [6, 6.07) is 12.9. The summed E-state index contributed by atoms with van der Waals surface area (Å²) in [4.78, 5) is 11.9. The summed E-state index contributed by atoms with van der Waals surface area (Å²) in [5.41, 5.74) is 3.79. The number of aryl methyl sites for hydroxylation is 2. The number of halogens is 1. The Bertz CT molecular complexity index is 1200. The first-order valence-corrected chi connectivity index (χ1v) is 9.62. The first kappa shape index (κ1) is 17.8. The highest BCUT2D eigenvalue weighted by Crippen LogP contribution is 2.30. The molecule has 0 aliphatic carbocycles. The maximum Gasteiger partial charge on any atom is 0.336 e. The molecule has 2 aromatic heterocycles. The number of hydrogen-bond donors (Lipinski definition) is 0. The summed E-state index contributed by atoms with van der Waals surface area (Å²) in [5, 5.41) is 10.1. The number of fused-ring (bicyclic) bond motifs is 1. The highest BCUT2D eigenvalue weighted by molar-refractivity contribution is 7.98. The van der Waals surface area contributed by atoms with Crippen LogP contribution in [0.25, 0.3) is 22.4 Å². The Labute approximate surface area is 164 Å². The lowest BCUT2D eigenvalue weighted by Crippen LogP contribution is -2.00. The van der Waals surface area contributed by atoms with Gasteiger partial charge in [0, 0.05) is 27.8 Å². The number of nitrogens with zero attached hydrogens (tertiary/aromatic N) is 2. The molecule has 4 rings (SSSR count). The fourth-order valence-electron chi connectivity index (χ4n) is 2.77. The van der Waals surface area contributed by atoms with Gasteiger partial charge in [0.1, 0.15) is 5.58 Å². The summed E-state index contributed by atoms with van der Waals surface area (Å²) in [7, 11) is 0.